The topological polar surface area (TPSA) is 63.2 Å². The maximum Gasteiger partial charge on any atom is 0.234 e. The van der Waals surface area contributed by atoms with Crippen molar-refractivity contribution in [3.8, 4) is 5.75 Å². The highest BCUT2D eigenvalue weighted by molar-refractivity contribution is 5.78. The minimum absolute atomic E-state index is 0.0351. The number of nitrogens with one attached hydrogen (secondary N) is 2. The quantitative estimate of drug-likeness (QED) is 0.821. The van der Waals surface area contributed by atoms with Crippen molar-refractivity contribution in [2.45, 2.75) is 19.5 Å². The first-order chi connectivity index (χ1) is 10.7. The van der Waals surface area contributed by atoms with Gasteiger partial charge in [-0.2, -0.15) is 0 Å². The van der Waals surface area contributed by atoms with Gasteiger partial charge in [-0.25, -0.2) is 0 Å². The average molecular weight is 299 g/mol. The van der Waals surface area contributed by atoms with E-state index in [1.54, 1.807) is 13.3 Å². The monoisotopic (exact) mass is 299 g/mol. The molecule has 2 N–H and O–H groups in total. The summed E-state index contributed by atoms with van der Waals surface area (Å²) < 4.78 is 5.10. The van der Waals surface area contributed by atoms with E-state index in [-0.39, 0.29) is 18.5 Å². The molecule has 0 saturated heterocycles. The second kappa shape index (κ2) is 8.14. The summed E-state index contributed by atoms with van der Waals surface area (Å²) in [6.45, 7) is 2.75. The van der Waals surface area contributed by atoms with Crippen molar-refractivity contribution in [2.24, 2.45) is 0 Å². The molecule has 1 aromatic carbocycles. The molecular formula is C17H21N3O2. The Kier molecular flexibility index (Phi) is 5.91. The Balaban J connectivity index is 1.73. The summed E-state index contributed by atoms with van der Waals surface area (Å²) in [7, 11) is 1.63. The van der Waals surface area contributed by atoms with Crippen molar-refractivity contribution in [1.82, 2.24) is 15.6 Å². The van der Waals surface area contributed by atoms with Gasteiger partial charge in [0.25, 0.3) is 0 Å². The second-order valence-electron chi connectivity index (χ2n) is 4.98. The number of benzene rings is 1. The van der Waals surface area contributed by atoms with E-state index in [2.05, 4.69) is 15.6 Å². The molecule has 0 aliphatic rings. The molecule has 1 atom stereocenters. The van der Waals surface area contributed by atoms with Crippen LogP contribution in [0.3, 0.4) is 0 Å². The van der Waals surface area contributed by atoms with Crippen LogP contribution < -0.4 is 15.4 Å². The van der Waals surface area contributed by atoms with Gasteiger partial charge in [-0.05, 0) is 36.8 Å². The van der Waals surface area contributed by atoms with Crippen LogP contribution >= 0.6 is 0 Å². The number of amides is 1. The maximum absolute atomic E-state index is 11.9. The third-order valence-corrected chi connectivity index (χ3v) is 3.35. The predicted molar refractivity (Wildman–Crippen MR) is 85.5 cm³/mol. The van der Waals surface area contributed by atoms with Crippen LogP contribution in [0, 0.1) is 0 Å². The van der Waals surface area contributed by atoms with E-state index in [0.29, 0.717) is 6.54 Å². The summed E-state index contributed by atoms with van der Waals surface area (Å²) in [5.41, 5.74) is 1.96. The van der Waals surface area contributed by atoms with E-state index in [1.165, 1.54) is 0 Å². The molecule has 2 rings (SSSR count). The van der Waals surface area contributed by atoms with Crippen LogP contribution in [0.15, 0.2) is 48.7 Å². The van der Waals surface area contributed by atoms with Crippen LogP contribution in [0.2, 0.25) is 0 Å². The van der Waals surface area contributed by atoms with Crippen LogP contribution in [-0.2, 0) is 11.3 Å². The Bertz CT molecular complexity index is 585. The molecule has 5 heteroatoms. The zero-order valence-electron chi connectivity index (χ0n) is 12.9. The Hall–Kier alpha value is -2.40. The summed E-state index contributed by atoms with van der Waals surface area (Å²) >= 11 is 0. The highest BCUT2D eigenvalue weighted by Gasteiger charge is 2.08. The number of carbonyl (C=O) groups is 1. The predicted octanol–water partition coefficient (Wildman–Crippen LogP) is 2.06. The van der Waals surface area contributed by atoms with E-state index in [4.69, 9.17) is 4.74 Å². The molecule has 22 heavy (non-hydrogen) atoms. The van der Waals surface area contributed by atoms with E-state index in [9.17, 15) is 4.79 Å². The normalized spacial score (nSPS) is 11.7. The fraction of sp³-hybridized carbons (Fsp3) is 0.294. The van der Waals surface area contributed by atoms with E-state index in [0.717, 1.165) is 17.0 Å². The number of aromatic nitrogens is 1. The molecule has 0 saturated carbocycles. The molecule has 1 unspecified atom stereocenters. The molecule has 0 spiro atoms. The maximum atomic E-state index is 11.9. The summed E-state index contributed by atoms with van der Waals surface area (Å²) in [5, 5.41) is 6.04. The molecular weight excluding hydrogens is 278 g/mol. The van der Waals surface area contributed by atoms with Crippen LogP contribution in [0.5, 0.6) is 5.75 Å². The van der Waals surface area contributed by atoms with Gasteiger partial charge in [0.2, 0.25) is 5.91 Å². The molecule has 0 aliphatic heterocycles. The van der Waals surface area contributed by atoms with Crippen molar-refractivity contribution in [3.63, 3.8) is 0 Å². The molecule has 0 bridgehead atoms. The van der Waals surface area contributed by atoms with Crippen LogP contribution in [-0.4, -0.2) is 24.5 Å². The Morgan fingerprint density at radius 2 is 2.00 bits per heavy atom. The van der Waals surface area contributed by atoms with Crippen molar-refractivity contribution < 1.29 is 9.53 Å². The van der Waals surface area contributed by atoms with Crippen molar-refractivity contribution in [1.29, 1.82) is 0 Å². The molecule has 0 radical (unpaired) electrons. The molecule has 1 amide bonds. The Morgan fingerprint density at radius 3 is 2.64 bits per heavy atom. The molecule has 1 heterocycles. The third kappa shape index (κ3) is 4.86. The highest BCUT2D eigenvalue weighted by Crippen LogP contribution is 2.11. The Labute approximate surface area is 130 Å². The van der Waals surface area contributed by atoms with Crippen LogP contribution in [0.1, 0.15) is 24.2 Å². The van der Waals surface area contributed by atoms with Gasteiger partial charge in [0.1, 0.15) is 5.75 Å². The molecule has 1 aromatic heterocycles. The molecule has 0 fully saturated rings. The molecule has 5 nitrogen and oxygen atoms in total. The summed E-state index contributed by atoms with van der Waals surface area (Å²) in [5.74, 6) is 0.763. The lowest BCUT2D eigenvalue weighted by molar-refractivity contribution is -0.120. The largest absolute Gasteiger partial charge is 0.497 e. The molecule has 116 valence electrons. The highest BCUT2D eigenvalue weighted by atomic mass is 16.5. The fourth-order valence-electron chi connectivity index (χ4n) is 1.99. The van der Waals surface area contributed by atoms with Crippen molar-refractivity contribution >= 4 is 5.91 Å². The number of carbonyl (C=O) groups excluding carboxylic acids is 1. The summed E-state index contributed by atoms with van der Waals surface area (Å²) in [4.78, 5) is 16.1. The lowest BCUT2D eigenvalue weighted by Gasteiger charge is -2.13. The first-order valence-electron chi connectivity index (χ1n) is 7.23. The lowest BCUT2D eigenvalue weighted by atomic mass is 10.2. The van der Waals surface area contributed by atoms with Crippen LogP contribution in [0.25, 0.3) is 0 Å². The first kappa shape index (κ1) is 16.0. The first-order valence-corrected chi connectivity index (χ1v) is 7.23. The van der Waals surface area contributed by atoms with Gasteiger partial charge in [0, 0.05) is 18.8 Å². The van der Waals surface area contributed by atoms with Gasteiger partial charge in [-0.1, -0.05) is 18.2 Å². The zero-order chi connectivity index (χ0) is 15.8. The Morgan fingerprint density at radius 1 is 1.23 bits per heavy atom. The number of methoxy groups -OCH3 is 1. The molecule has 0 aliphatic carbocycles. The standard InChI is InChI=1S/C17H21N3O2/c1-13(16-5-3-4-10-18-16)19-12-17(21)20-11-14-6-8-15(22-2)9-7-14/h3-10,13,19H,11-12H2,1-2H3,(H,20,21). The lowest BCUT2D eigenvalue weighted by Crippen LogP contribution is -2.34. The zero-order valence-corrected chi connectivity index (χ0v) is 12.9. The number of nitrogens with zero attached hydrogens (tertiary/aromatic N) is 1. The van der Waals surface area contributed by atoms with Gasteiger partial charge < -0.3 is 15.4 Å². The minimum Gasteiger partial charge on any atom is -0.497 e. The SMILES string of the molecule is COc1ccc(CNC(=O)CNC(C)c2ccccn2)cc1. The number of rotatable bonds is 7. The van der Waals surface area contributed by atoms with Gasteiger partial charge >= 0.3 is 0 Å². The smallest absolute Gasteiger partial charge is 0.234 e. The van der Waals surface area contributed by atoms with E-state index >= 15 is 0 Å². The van der Waals surface area contributed by atoms with Gasteiger partial charge in [0.05, 0.1) is 19.3 Å². The number of hydrogen-bond acceptors (Lipinski definition) is 4. The number of pyridine rings is 1. The van der Waals surface area contributed by atoms with Crippen LogP contribution in [0.4, 0.5) is 0 Å². The van der Waals surface area contributed by atoms with Gasteiger partial charge in [-0.15, -0.1) is 0 Å². The van der Waals surface area contributed by atoms with Gasteiger partial charge in [0.15, 0.2) is 0 Å². The third-order valence-electron chi connectivity index (χ3n) is 3.35. The number of ether oxygens (including phenoxy) is 1. The fourth-order valence-corrected chi connectivity index (χ4v) is 1.99. The van der Waals surface area contributed by atoms with E-state index in [1.807, 2.05) is 49.4 Å². The second-order valence-corrected chi connectivity index (χ2v) is 4.98. The minimum atomic E-state index is -0.0430. The van der Waals surface area contributed by atoms with Crippen molar-refractivity contribution in [2.75, 3.05) is 13.7 Å². The van der Waals surface area contributed by atoms with E-state index < -0.39 is 0 Å². The summed E-state index contributed by atoms with van der Waals surface area (Å²) in [6, 6.07) is 13.4. The average Bonchev–Trinajstić information content (AvgIpc) is 2.59. The number of hydrogen-bond donors (Lipinski definition) is 2. The van der Waals surface area contributed by atoms with Gasteiger partial charge in [-0.3, -0.25) is 9.78 Å². The summed E-state index contributed by atoms with van der Waals surface area (Å²) in [6.07, 6.45) is 1.75. The van der Waals surface area contributed by atoms with Crippen molar-refractivity contribution in [3.05, 3.63) is 59.9 Å². The molecule has 2 aromatic rings.